The average molecular weight is 218 g/mol. The number of fused-ring (bicyclic) bond motifs is 1. The van der Waals surface area contributed by atoms with Crippen molar-refractivity contribution in [1.82, 2.24) is 19.7 Å². The van der Waals surface area contributed by atoms with Gasteiger partial charge in [0, 0.05) is 25.4 Å². The average Bonchev–Trinajstić information content (AvgIpc) is 2.91. The standard InChI is InChI=1S/C10H10N4O2/c15-10(16)6-3-9-12-8(5-14(9)4-6)7-1-2-11-13-7/h1-2,5-6H,3-4H2,(H,11,13)(H,15,16). The van der Waals surface area contributed by atoms with Crippen LogP contribution < -0.4 is 0 Å². The van der Waals surface area contributed by atoms with Crippen molar-refractivity contribution in [3.63, 3.8) is 0 Å². The van der Waals surface area contributed by atoms with Crippen LogP contribution in [0.2, 0.25) is 0 Å². The zero-order valence-corrected chi connectivity index (χ0v) is 8.42. The molecule has 3 rings (SSSR count). The Morgan fingerprint density at radius 1 is 1.62 bits per heavy atom. The van der Waals surface area contributed by atoms with Gasteiger partial charge in [-0.25, -0.2) is 4.98 Å². The SMILES string of the molecule is O=C(O)C1Cc2nc(-c3ccn[nH]3)cn2C1. The number of aromatic amines is 1. The van der Waals surface area contributed by atoms with Crippen LogP contribution in [0.4, 0.5) is 0 Å². The lowest BCUT2D eigenvalue weighted by molar-refractivity contribution is -0.141. The molecule has 1 aliphatic rings. The number of imidazole rings is 1. The third kappa shape index (κ3) is 1.30. The van der Waals surface area contributed by atoms with E-state index < -0.39 is 5.97 Å². The lowest BCUT2D eigenvalue weighted by Gasteiger charge is -2.00. The molecular weight excluding hydrogens is 208 g/mol. The van der Waals surface area contributed by atoms with Crippen molar-refractivity contribution >= 4 is 5.97 Å². The van der Waals surface area contributed by atoms with Gasteiger partial charge in [0.25, 0.3) is 0 Å². The maximum Gasteiger partial charge on any atom is 0.308 e. The molecule has 16 heavy (non-hydrogen) atoms. The van der Waals surface area contributed by atoms with Crippen LogP contribution in [0.3, 0.4) is 0 Å². The van der Waals surface area contributed by atoms with Crippen molar-refractivity contribution in [3.8, 4) is 11.4 Å². The molecule has 0 amide bonds. The van der Waals surface area contributed by atoms with E-state index in [1.165, 1.54) is 0 Å². The van der Waals surface area contributed by atoms with Crippen LogP contribution in [-0.4, -0.2) is 30.8 Å². The summed E-state index contributed by atoms with van der Waals surface area (Å²) in [5, 5.41) is 15.6. The number of nitrogens with one attached hydrogen (secondary N) is 1. The van der Waals surface area contributed by atoms with E-state index in [2.05, 4.69) is 15.2 Å². The first-order chi connectivity index (χ1) is 7.74. The van der Waals surface area contributed by atoms with Gasteiger partial charge in [0.15, 0.2) is 0 Å². The first kappa shape index (κ1) is 9.14. The van der Waals surface area contributed by atoms with Gasteiger partial charge in [-0.15, -0.1) is 0 Å². The highest BCUT2D eigenvalue weighted by Crippen LogP contribution is 2.24. The number of carboxylic acid groups (broad SMARTS) is 1. The highest BCUT2D eigenvalue weighted by Gasteiger charge is 2.28. The molecule has 0 spiro atoms. The van der Waals surface area contributed by atoms with Crippen LogP contribution in [0.15, 0.2) is 18.5 Å². The van der Waals surface area contributed by atoms with Crippen LogP contribution in [0, 0.1) is 5.92 Å². The minimum Gasteiger partial charge on any atom is -0.481 e. The lowest BCUT2D eigenvalue weighted by atomic mass is 10.1. The second kappa shape index (κ2) is 3.19. The summed E-state index contributed by atoms with van der Waals surface area (Å²) in [5.41, 5.74) is 1.67. The second-order valence-electron chi connectivity index (χ2n) is 3.90. The summed E-state index contributed by atoms with van der Waals surface area (Å²) in [6, 6.07) is 1.84. The fourth-order valence-electron chi connectivity index (χ4n) is 1.99. The van der Waals surface area contributed by atoms with Crippen molar-refractivity contribution in [2.75, 3.05) is 0 Å². The van der Waals surface area contributed by atoms with Crippen LogP contribution in [0.25, 0.3) is 11.4 Å². The Morgan fingerprint density at radius 3 is 3.12 bits per heavy atom. The Hall–Kier alpha value is -2.11. The molecule has 2 N–H and O–H groups in total. The quantitative estimate of drug-likeness (QED) is 0.770. The van der Waals surface area contributed by atoms with Crippen molar-refractivity contribution < 1.29 is 9.90 Å². The molecule has 0 aliphatic carbocycles. The molecule has 1 unspecified atom stereocenters. The third-order valence-electron chi connectivity index (χ3n) is 2.83. The summed E-state index contributed by atoms with van der Waals surface area (Å²) in [6.07, 6.45) is 4.04. The fraction of sp³-hybridized carbons (Fsp3) is 0.300. The number of aromatic nitrogens is 4. The summed E-state index contributed by atoms with van der Waals surface area (Å²) in [6.45, 7) is 0.506. The van der Waals surface area contributed by atoms with Crippen LogP contribution in [0.5, 0.6) is 0 Å². The molecule has 0 saturated carbocycles. The Bertz CT molecular complexity index is 506. The van der Waals surface area contributed by atoms with Crippen molar-refractivity contribution in [3.05, 3.63) is 24.3 Å². The zero-order chi connectivity index (χ0) is 11.1. The number of carboxylic acids is 1. The van der Waals surface area contributed by atoms with E-state index in [-0.39, 0.29) is 5.92 Å². The molecule has 6 nitrogen and oxygen atoms in total. The van der Waals surface area contributed by atoms with E-state index in [0.717, 1.165) is 17.2 Å². The molecule has 0 saturated heterocycles. The maximum atomic E-state index is 10.8. The molecule has 0 bridgehead atoms. The minimum atomic E-state index is -0.756. The summed E-state index contributed by atoms with van der Waals surface area (Å²) in [5.74, 6) is -0.260. The Labute approximate surface area is 90.9 Å². The highest BCUT2D eigenvalue weighted by atomic mass is 16.4. The number of H-pyrrole nitrogens is 1. The molecule has 0 aromatic carbocycles. The number of rotatable bonds is 2. The summed E-state index contributed by atoms with van der Waals surface area (Å²) < 4.78 is 1.90. The predicted molar refractivity (Wildman–Crippen MR) is 54.6 cm³/mol. The maximum absolute atomic E-state index is 10.8. The van der Waals surface area contributed by atoms with Crippen molar-refractivity contribution in [2.24, 2.45) is 5.92 Å². The molecule has 1 aliphatic heterocycles. The molecule has 82 valence electrons. The topological polar surface area (TPSA) is 83.8 Å². The molecule has 0 fully saturated rings. The van der Waals surface area contributed by atoms with E-state index in [1.54, 1.807) is 6.20 Å². The van der Waals surface area contributed by atoms with E-state index in [1.807, 2.05) is 16.8 Å². The van der Waals surface area contributed by atoms with E-state index >= 15 is 0 Å². The summed E-state index contributed by atoms with van der Waals surface area (Å²) >= 11 is 0. The van der Waals surface area contributed by atoms with Gasteiger partial charge in [-0.3, -0.25) is 9.89 Å². The predicted octanol–water partition coefficient (Wildman–Crippen LogP) is 0.530. The molecule has 0 radical (unpaired) electrons. The van der Waals surface area contributed by atoms with E-state index in [9.17, 15) is 4.79 Å². The van der Waals surface area contributed by atoms with Gasteiger partial charge in [-0.05, 0) is 6.07 Å². The van der Waals surface area contributed by atoms with Gasteiger partial charge < -0.3 is 9.67 Å². The van der Waals surface area contributed by atoms with Gasteiger partial charge >= 0.3 is 5.97 Å². The van der Waals surface area contributed by atoms with Gasteiger partial charge in [0.1, 0.15) is 11.5 Å². The first-order valence-electron chi connectivity index (χ1n) is 5.02. The Balaban J connectivity index is 1.90. The van der Waals surface area contributed by atoms with Crippen molar-refractivity contribution in [1.29, 1.82) is 0 Å². The normalized spacial score (nSPS) is 18.6. The molecule has 6 heteroatoms. The monoisotopic (exact) mass is 218 g/mol. The largest absolute Gasteiger partial charge is 0.481 e. The van der Waals surface area contributed by atoms with Crippen LogP contribution in [0.1, 0.15) is 5.82 Å². The molecule has 2 aromatic rings. The zero-order valence-electron chi connectivity index (χ0n) is 8.42. The number of carbonyl (C=O) groups is 1. The van der Waals surface area contributed by atoms with Crippen molar-refractivity contribution in [2.45, 2.75) is 13.0 Å². The van der Waals surface area contributed by atoms with Gasteiger partial charge in [-0.2, -0.15) is 5.10 Å². The smallest absolute Gasteiger partial charge is 0.308 e. The van der Waals surface area contributed by atoms with Crippen LogP contribution >= 0.6 is 0 Å². The van der Waals surface area contributed by atoms with Gasteiger partial charge in [0.05, 0.1) is 11.6 Å². The number of nitrogens with zero attached hydrogens (tertiary/aromatic N) is 3. The molecular formula is C10H10N4O2. The number of hydrogen-bond acceptors (Lipinski definition) is 3. The third-order valence-corrected chi connectivity index (χ3v) is 2.83. The highest BCUT2D eigenvalue weighted by molar-refractivity contribution is 5.71. The number of aliphatic carboxylic acids is 1. The second-order valence-corrected chi connectivity index (χ2v) is 3.90. The number of hydrogen-bond donors (Lipinski definition) is 2. The van der Waals surface area contributed by atoms with E-state index in [0.29, 0.717) is 13.0 Å². The first-order valence-corrected chi connectivity index (χ1v) is 5.02. The van der Waals surface area contributed by atoms with Gasteiger partial charge in [0.2, 0.25) is 0 Å². The van der Waals surface area contributed by atoms with E-state index in [4.69, 9.17) is 5.11 Å². The summed E-state index contributed by atoms with van der Waals surface area (Å²) in [4.78, 5) is 15.2. The molecule has 1 atom stereocenters. The fourth-order valence-corrected chi connectivity index (χ4v) is 1.99. The molecule has 2 aromatic heterocycles. The summed E-state index contributed by atoms with van der Waals surface area (Å²) in [7, 11) is 0. The van der Waals surface area contributed by atoms with Gasteiger partial charge in [-0.1, -0.05) is 0 Å². The lowest BCUT2D eigenvalue weighted by Crippen LogP contribution is -2.14. The Morgan fingerprint density at radius 2 is 2.50 bits per heavy atom. The van der Waals surface area contributed by atoms with Crippen LogP contribution in [-0.2, 0) is 17.8 Å². The molecule has 3 heterocycles. The Kier molecular flexibility index (Phi) is 1.82. The minimum absolute atomic E-state index is 0.335.